The van der Waals surface area contributed by atoms with E-state index in [0.29, 0.717) is 60.9 Å². The SMILES string of the molecule is Nc1ncnc2cc([C@H]3CC(O)=C(CO)O3)cc(C#CCOC(=O)NCCOCCOCCCCCCCl)c12. The molecule has 11 nitrogen and oxygen atoms in total. The standard InChI is InChI=1S/C27H35ClN4O7/c28-7-3-1-2-4-9-36-12-13-37-11-8-30-27(35)38-10-5-6-19-14-20(23-16-22(34)24(17-33)39-23)15-21-25(19)26(29)32-18-31-21/h14-15,18,23,33-34H,1-4,7-13,16-17H2,(H,30,35)(H2,29,31,32)/t23-/m1/s1. The van der Waals surface area contributed by atoms with Gasteiger partial charge in [-0.2, -0.15) is 0 Å². The van der Waals surface area contributed by atoms with E-state index in [1.54, 1.807) is 12.1 Å². The number of rotatable bonds is 15. The van der Waals surface area contributed by atoms with Crippen molar-refractivity contribution in [1.82, 2.24) is 15.3 Å². The van der Waals surface area contributed by atoms with Gasteiger partial charge in [-0.3, -0.25) is 0 Å². The molecule has 0 saturated carbocycles. The number of alkyl halides is 1. The summed E-state index contributed by atoms with van der Waals surface area (Å²) >= 11 is 5.64. The predicted octanol–water partition coefficient (Wildman–Crippen LogP) is 3.35. The van der Waals surface area contributed by atoms with Crippen LogP contribution in [0.5, 0.6) is 0 Å². The Morgan fingerprint density at radius 3 is 2.72 bits per heavy atom. The maximum Gasteiger partial charge on any atom is 0.408 e. The van der Waals surface area contributed by atoms with Crippen LogP contribution in [-0.4, -0.2) is 78.3 Å². The summed E-state index contributed by atoms with van der Waals surface area (Å²) in [4.78, 5) is 20.2. The molecule has 1 aliphatic heterocycles. The number of benzene rings is 1. The molecule has 0 fully saturated rings. The smallest absolute Gasteiger partial charge is 0.408 e. The number of alkyl carbamates (subject to hydrolysis) is 1. The number of anilines is 1. The zero-order valence-corrected chi connectivity index (χ0v) is 22.5. The number of aromatic nitrogens is 2. The number of fused-ring (bicyclic) bond motifs is 1. The largest absolute Gasteiger partial charge is 0.509 e. The van der Waals surface area contributed by atoms with E-state index >= 15 is 0 Å². The summed E-state index contributed by atoms with van der Waals surface area (Å²) in [5.41, 5.74) is 7.84. The lowest BCUT2D eigenvalue weighted by molar-refractivity contribution is 0.0470. The second kappa shape index (κ2) is 16.6. The van der Waals surface area contributed by atoms with E-state index in [1.165, 1.54) is 6.33 Å². The van der Waals surface area contributed by atoms with Gasteiger partial charge in [0.1, 0.15) is 30.6 Å². The van der Waals surface area contributed by atoms with Crippen molar-refractivity contribution < 1.29 is 34.0 Å². The van der Waals surface area contributed by atoms with Gasteiger partial charge in [-0.15, -0.1) is 11.6 Å². The van der Waals surface area contributed by atoms with Crippen LogP contribution < -0.4 is 11.1 Å². The van der Waals surface area contributed by atoms with Crippen LogP contribution in [0.15, 0.2) is 30.0 Å². The number of hydrogen-bond acceptors (Lipinski definition) is 10. The van der Waals surface area contributed by atoms with E-state index in [4.69, 9.17) is 36.3 Å². The molecule has 1 aromatic heterocycles. The molecule has 2 aromatic rings. The van der Waals surface area contributed by atoms with Gasteiger partial charge in [-0.1, -0.05) is 24.7 Å². The van der Waals surface area contributed by atoms with Crippen molar-refractivity contribution in [2.45, 2.75) is 38.2 Å². The monoisotopic (exact) mass is 562 g/mol. The first kappa shape index (κ1) is 30.2. The Hall–Kier alpha value is -3.30. The number of nitrogens with zero attached hydrogens (tertiary/aromatic N) is 2. The van der Waals surface area contributed by atoms with Gasteiger partial charge in [-0.25, -0.2) is 14.8 Å². The Kier molecular flexibility index (Phi) is 12.9. The molecule has 0 radical (unpaired) electrons. The van der Waals surface area contributed by atoms with Crippen molar-refractivity contribution in [3.8, 4) is 11.8 Å². The molecule has 1 aromatic carbocycles. The number of aliphatic hydroxyl groups is 2. The van der Waals surface area contributed by atoms with Crippen LogP contribution in [0.2, 0.25) is 0 Å². The van der Waals surface area contributed by atoms with Crippen molar-refractivity contribution in [3.05, 3.63) is 41.1 Å². The summed E-state index contributed by atoms with van der Waals surface area (Å²) in [6.45, 7) is 1.75. The number of amides is 1. The van der Waals surface area contributed by atoms with Gasteiger partial charge < -0.3 is 40.2 Å². The molecule has 2 heterocycles. The molecule has 1 amide bonds. The predicted molar refractivity (Wildman–Crippen MR) is 146 cm³/mol. The van der Waals surface area contributed by atoms with Crippen molar-refractivity contribution in [2.24, 2.45) is 0 Å². The highest BCUT2D eigenvalue weighted by Gasteiger charge is 2.27. The quantitative estimate of drug-likeness (QED) is 0.144. The molecule has 0 aliphatic carbocycles. The number of hydrogen-bond donors (Lipinski definition) is 4. The summed E-state index contributed by atoms with van der Waals surface area (Å²) in [7, 11) is 0. The van der Waals surface area contributed by atoms with Crippen LogP contribution in [0, 0.1) is 11.8 Å². The molecule has 0 unspecified atom stereocenters. The first-order chi connectivity index (χ1) is 19.0. The molecule has 212 valence electrons. The average Bonchev–Trinajstić information content (AvgIpc) is 3.32. The number of nitrogens with two attached hydrogens (primary N) is 1. The zero-order valence-electron chi connectivity index (χ0n) is 21.8. The fourth-order valence-electron chi connectivity index (χ4n) is 3.89. The number of nitrogen functional groups attached to an aromatic ring is 1. The Morgan fingerprint density at radius 1 is 1.15 bits per heavy atom. The van der Waals surface area contributed by atoms with Gasteiger partial charge in [0.15, 0.2) is 12.4 Å². The van der Waals surface area contributed by atoms with Crippen molar-refractivity contribution in [1.29, 1.82) is 0 Å². The maximum atomic E-state index is 11.9. The van der Waals surface area contributed by atoms with Crippen LogP contribution in [-0.2, 0) is 18.9 Å². The minimum atomic E-state index is -0.611. The topological polar surface area (TPSA) is 158 Å². The van der Waals surface area contributed by atoms with E-state index in [0.717, 1.165) is 25.7 Å². The van der Waals surface area contributed by atoms with Crippen LogP contribution >= 0.6 is 11.6 Å². The van der Waals surface area contributed by atoms with Gasteiger partial charge in [0.25, 0.3) is 0 Å². The van der Waals surface area contributed by atoms with Crippen molar-refractivity contribution >= 4 is 34.4 Å². The van der Waals surface area contributed by atoms with Gasteiger partial charge >= 0.3 is 6.09 Å². The molecular weight excluding hydrogens is 528 g/mol. The van der Waals surface area contributed by atoms with Gasteiger partial charge in [0.05, 0.1) is 30.7 Å². The lowest BCUT2D eigenvalue weighted by Gasteiger charge is -2.14. The second-order valence-electron chi connectivity index (χ2n) is 8.69. The third-order valence-electron chi connectivity index (χ3n) is 5.85. The lowest BCUT2D eigenvalue weighted by Crippen LogP contribution is -2.28. The highest BCUT2D eigenvalue weighted by molar-refractivity contribution is 6.17. The van der Waals surface area contributed by atoms with E-state index in [9.17, 15) is 15.0 Å². The highest BCUT2D eigenvalue weighted by atomic mass is 35.5. The third-order valence-corrected chi connectivity index (χ3v) is 6.12. The lowest BCUT2D eigenvalue weighted by atomic mass is 10.00. The number of aliphatic hydroxyl groups excluding tert-OH is 2. The minimum Gasteiger partial charge on any atom is -0.509 e. The van der Waals surface area contributed by atoms with Crippen LogP contribution in [0.25, 0.3) is 10.9 Å². The fraction of sp³-hybridized carbons (Fsp3) is 0.519. The number of carbonyl (C=O) groups excluding carboxylic acids is 1. The summed E-state index contributed by atoms with van der Waals surface area (Å²) in [5, 5.41) is 22.5. The number of halogens is 1. The fourth-order valence-corrected chi connectivity index (χ4v) is 4.08. The first-order valence-electron chi connectivity index (χ1n) is 12.9. The molecule has 3 rings (SSSR count). The molecule has 5 N–H and O–H groups in total. The first-order valence-corrected chi connectivity index (χ1v) is 13.4. The van der Waals surface area contributed by atoms with Gasteiger partial charge in [0.2, 0.25) is 0 Å². The molecule has 1 atom stereocenters. The van der Waals surface area contributed by atoms with Crippen LogP contribution in [0.3, 0.4) is 0 Å². The molecule has 0 saturated heterocycles. The molecular formula is C27H35ClN4O7. The summed E-state index contributed by atoms with van der Waals surface area (Å²) in [6.07, 6.45) is 4.73. The van der Waals surface area contributed by atoms with Crippen molar-refractivity contribution in [2.75, 3.05) is 57.8 Å². The molecule has 1 aliphatic rings. The zero-order chi connectivity index (χ0) is 27.9. The third kappa shape index (κ3) is 9.75. The molecule has 39 heavy (non-hydrogen) atoms. The Balaban J connectivity index is 1.41. The van der Waals surface area contributed by atoms with E-state index in [-0.39, 0.29) is 30.4 Å². The van der Waals surface area contributed by atoms with Crippen LogP contribution in [0.4, 0.5) is 10.6 Å². The molecule has 0 spiro atoms. The van der Waals surface area contributed by atoms with E-state index in [1.807, 2.05) is 0 Å². The Bertz CT molecular complexity index is 1180. The normalized spacial score (nSPS) is 14.7. The van der Waals surface area contributed by atoms with Crippen molar-refractivity contribution in [3.63, 3.8) is 0 Å². The summed E-state index contributed by atoms with van der Waals surface area (Å²) in [5.74, 6) is 6.86. The number of carbonyl (C=O) groups is 1. The highest BCUT2D eigenvalue weighted by Crippen LogP contribution is 2.36. The summed E-state index contributed by atoms with van der Waals surface area (Å²) < 4.78 is 21.7. The van der Waals surface area contributed by atoms with Gasteiger partial charge in [0, 0.05) is 31.0 Å². The second-order valence-corrected chi connectivity index (χ2v) is 9.07. The molecule has 0 bridgehead atoms. The minimum absolute atomic E-state index is 0.0000893. The maximum absolute atomic E-state index is 11.9. The number of unbranched alkanes of at least 4 members (excludes halogenated alkanes) is 3. The summed E-state index contributed by atoms with van der Waals surface area (Å²) in [6, 6.07) is 3.54. The van der Waals surface area contributed by atoms with E-state index < -0.39 is 18.8 Å². The molecule has 12 heteroatoms. The number of nitrogens with one attached hydrogen (secondary N) is 1. The average molecular weight is 563 g/mol. The van der Waals surface area contributed by atoms with E-state index in [2.05, 4.69) is 27.1 Å². The van der Waals surface area contributed by atoms with Crippen LogP contribution in [0.1, 0.15) is 49.3 Å². The Morgan fingerprint density at radius 2 is 1.95 bits per heavy atom. The Labute approximate surface area is 232 Å². The number of ether oxygens (including phenoxy) is 4. The van der Waals surface area contributed by atoms with Gasteiger partial charge in [-0.05, 0) is 30.5 Å².